The van der Waals surface area contributed by atoms with Crippen molar-refractivity contribution in [1.29, 1.82) is 0 Å². The smallest absolute Gasteiger partial charge is 0.0622 e. The topological polar surface area (TPSA) is 0 Å². The second-order valence-corrected chi connectivity index (χ2v) is 9.93. The summed E-state index contributed by atoms with van der Waals surface area (Å²) in [6.45, 7) is 0. The molecule has 160 valence electrons. The first-order valence-electron chi connectivity index (χ1n) is 11.7. The quantitative estimate of drug-likeness (QED) is 0.209. The average molecular weight is 497 g/mol. The molecule has 34 heavy (non-hydrogen) atoms. The normalized spacial score (nSPS) is 13.7. The van der Waals surface area contributed by atoms with Crippen LogP contribution in [0.5, 0.6) is 0 Å². The molecule has 1 heteroatoms. The van der Waals surface area contributed by atoms with Gasteiger partial charge in [0.1, 0.15) is 0 Å². The van der Waals surface area contributed by atoms with Crippen molar-refractivity contribution in [1.82, 2.24) is 0 Å². The zero-order valence-electron chi connectivity index (χ0n) is 18.5. The van der Waals surface area contributed by atoms with Crippen LogP contribution < -0.4 is 0 Å². The van der Waals surface area contributed by atoms with Gasteiger partial charge in [-0.05, 0) is 67.1 Å². The maximum absolute atomic E-state index is 3.81. The molecule has 1 aliphatic carbocycles. The van der Waals surface area contributed by atoms with Crippen LogP contribution in [-0.4, -0.2) is 0 Å². The highest BCUT2D eigenvalue weighted by atomic mass is 79.9. The van der Waals surface area contributed by atoms with E-state index in [1.165, 1.54) is 54.9 Å². The van der Waals surface area contributed by atoms with E-state index in [2.05, 4.69) is 143 Å². The summed E-state index contributed by atoms with van der Waals surface area (Å²) in [7, 11) is 0. The van der Waals surface area contributed by atoms with Crippen molar-refractivity contribution in [3.8, 4) is 11.1 Å². The van der Waals surface area contributed by atoms with Crippen molar-refractivity contribution in [2.24, 2.45) is 0 Å². The van der Waals surface area contributed by atoms with E-state index < -0.39 is 5.41 Å². The molecule has 0 atom stereocenters. The largest absolute Gasteiger partial charge is 0.0720 e. The van der Waals surface area contributed by atoms with Gasteiger partial charge in [-0.1, -0.05) is 131 Å². The summed E-state index contributed by atoms with van der Waals surface area (Å²) in [5.41, 5.74) is 7.54. The molecule has 0 bridgehead atoms. The zero-order chi connectivity index (χ0) is 22.7. The molecule has 6 aromatic rings. The molecule has 0 unspecified atom stereocenters. The summed E-state index contributed by atoms with van der Waals surface area (Å²) in [5, 5.41) is 5.24. The standard InChI is InChI=1S/C33H21Br/c34-24-19-20-29-30(21-24)33(22-11-3-1-4-12-22,23-13-5-2-6-14-23)32-28-18-10-8-16-26(28)25-15-7-9-17-27(25)31(29)32/h1-21H. The van der Waals surface area contributed by atoms with Gasteiger partial charge in [-0.2, -0.15) is 0 Å². The molecule has 0 saturated heterocycles. The lowest BCUT2D eigenvalue weighted by molar-refractivity contribution is 0.775. The van der Waals surface area contributed by atoms with Crippen molar-refractivity contribution in [3.05, 3.63) is 154 Å². The molecule has 0 nitrogen and oxygen atoms in total. The monoisotopic (exact) mass is 496 g/mol. The van der Waals surface area contributed by atoms with Crippen LogP contribution in [0.3, 0.4) is 0 Å². The van der Waals surface area contributed by atoms with E-state index >= 15 is 0 Å². The Hall–Kier alpha value is -3.68. The van der Waals surface area contributed by atoms with E-state index in [0.717, 1.165) is 4.47 Å². The number of hydrogen-bond donors (Lipinski definition) is 0. The van der Waals surface area contributed by atoms with Crippen molar-refractivity contribution in [3.63, 3.8) is 0 Å². The number of hydrogen-bond acceptors (Lipinski definition) is 0. The van der Waals surface area contributed by atoms with Crippen LogP contribution in [0.1, 0.15) is 22.3 Å². The second-order valence-electron chi connectivity index (χ2n) is 9.01. The molecule has 0 aromatic heterocycles. The SMILES string of the molecule is Brc1ccc2c(c1)C(c1ccccc1)(c1ccccc1)c1c-2c2ccccc2c2ccccc12. The predicted octanol–water partition coefficient (Wildman–Crippen LogP) is 9.12. The number of fused-ring (bicyclic) bond motifs is 8. The lowest BCUT2D eigenvalue weighted by Crippen LogP contribution is -2.28. The Morgan fingerprint density at radius 2 is 0.971 bits per heavy atom. The van der Waals surface area contributed by atoms with Crippen LogP contribution in [0, 0.1) is 0 Å². The Morgan fingerprint density at radius 3 is 1.59 bits per heavy atom. The van der Waals surface area contributed by atoms with Crippen LogP contribution in [-0.2, 0) is 5.41 Å². The fourth-order valence-corrected chi connectivity index (χ4v) is 6.49. The molecular weight excluding hydrogens is 476 g/mol. The summed E-state index contributed by atoms with van der Waals surface area (Å²) in [4.78, 5) is 0. The van der Waals surface area contributed by atoms with Crippen molar-refractivity contribution < 1.29 is 0 Å². The highest BCUT2D eigenvalue weighted by Gasteiger charge is 2.48. The highest BCUT2D eigenvalue weighted by molar-refractivity contribution is 9.10. The Balaban J connectivity index is 1.82. The van der Waals surface area contributed by atoms with Crippen LogP contribution in [0.15, 0.2) is 132 Å². The predicted molar refractivity (Wildman–Crippen MR) is 146 cm³/mol. The van der Waals surface area contributed by atoms with Gasteiger partial charge >= 0.3 is 0 Å². The van der Waals surface area contributed by atoms with Crippen molar-refractivity contribution in [2.75, 3.05) is 0 Å². The van der Waals surface area contributed by atoms with E-state index in [1.54, 1.807) is 0 Å². The first-order valence-corrected chi connectivity index (χ1v) is 12.4. The molecule has 0 amide bonds. The van der Waals surface area contributed by atoms with Gasteiger partial charge in [-0.25, -0.2) is 0 Å². The van der Waals surface area contributed by atoms with Crippen LogP contribution >= 0.6 is 15.9 Å². The molecule has 0 aliphatic heterocycles. The Kier molecular flexibility index (Phi) is 4.31. The molecule has 0 saturated carbocycles. The molecule has 0 N–H and O–H groups in total. The molecule has 0 fully saturated rings. The van der Waals surface area contributed by atoms with Gasteiger partial charge in [0.15, 0.2) is 0 Å². The Bertz CT molecular complexity index is 1660. The molecule has 6 aromatic carbocycles. The molecular formula is C33H21Br. The van der Waals surface area contributed by atoms with E-state index in [1.807, 2.05) is 0 Å². The summed E-state index contributed by atoms with van der Waals surface area (Å²) in [5.74, 6) is 0. The maximum Gasteiger partial charge on any atom is 0.0720 e. The van der Waals surface area contributed by atoms with Crippen LogP contribution in [0.25, 0.3) is 32.7 Å². The number of halogens is 1. The van der Waals surface area contributed by atoms with Crippen molar-refractivity contribution in [2.45, 2.75) is 5.41 Å². The minimum Gasteiger partial charge on any atom is -0.0622 e. The van der Waals surface area contributed by atoms with Crippen LogP contribution in [0.4, 0.5) is 0 Å². The summed E-state index contributed by atoms with van der Waals surface area (Å²) in [6, 6.07) is 46.6. The minimum atomic E-state index is -0.416. The third-order valence-corrected chi connectivity index (χ3v) is 7.87. The van der Waals surface area contributed by atoms with E-state index in [4.69, 9.17) is 0 Å². The summed E-state index contributed by atoms with van der Waals surface area (Å²) in [6.07, 6.45) is 0. The van der Waals surface area contributed by atoms with Gasteiger partial charge in [-0.3, -0.25) is 0 Å². The highest BCUT2D eigenvalue weighted by Crippen LogP contribution is 2.60. The van der Waals surface area contributed by atoms with Gasteiger partial charge in [0.25, 0.3) is 0 Å². The van der Waals surface area contributed by atoms with Crippen LogP contribution in [0.2, 0.25) is 0 Å². The second kappa shape index (κ2) is 7.41. The first kappa shape index (κ1) is 19.8. The minimum absolute atomic E-state index is 0.416. The fourth-order valence-electron chi connectivity index (χ4n) is 6.13. The van der Waals surface area contributed by atoms with E-state index in [-0.39, 0.29) is 0 Å². The van der Waals surface area contributed by atoms with Gasteiger partial charge in [0, 0.05) is 4.47 Å². The zero-order valence-corrected chi connectivity index (χ0v) is 20.1. The molecule has 7 rings (SSSR count). The average Bonchev–Trinajstić information content (AvgIpc) is 3.21. The number of benzene rings is 6. The van der Waals surface area contributed by atoms with E-state index in [0.29, 0.717) is 0 Å². The van der Waals surface area contributed by atoms with Gasteiger partial charge in [0.05, 0.1) is 5.41 Å². The third-order valence-electron chi connectivity index (χ3n) is 7.38. The first-order chi connectivity index (χ1) is 16.8. The fraction of sp³-hybridized carbons (Fsp3) is 0.0303. The lowest BCUT2D eigenvalue weighted by atomic mass is 9.66. The maximum atomic E-state index is 3.81. The molecule has 1 aliphatic rings. The third kappa shape index (κ3) is 2.53. The molecule has 0 radical (unpaired) electrons. The number of rotatable bonds is 2. The Labute approximate surface area is 207 Å². The van der Waals surface area contributed by atoms with Crippen molar-refractivity contribution >= 4 is 37.5 Å². The molecule has 0 heterocycles. The Morgan fingerprint density at radius 1 is 0.471 bits per heavy atom. The van der Waals surface area contributed by atoms with E-state index in [9.17, 15) is 0 Å². The summed E-state index contributed by atoms with van der Waals surface area (Å²) >= 11 is 3.81. The van der Waals surface area contributed by atoms with Gasteiger partial charge < -0.3 is 0 Å². The molecule has 0 spiro atoms. The van der Waals surface area contributed by atoms with Gasteiger partial charge in [0.2, 0.25) is 0 Å². The summed E-state index contributed by atoms with van der Waals surface area (Å²) < 4.78 is 1.10. The van der Waals surface area contributed by atoms with Gasteiger partial charge in [-0.15, -0.1) is 0 Å². The lowest BCUT2D eigenvalue weighted by Gasteiger charge is -2.35.